The molecule has 1 aliphatic heterocycles. The second-order valence-electron chi connectivity index (χ2n) is 13.2. The van der Waals surface area contributed by atoms with E-state index in [1.807, 2.05) is 30.3 Å². The Hall–Kier alpha value is -6.26. The Balaban J connectivity index is 1.22. The topological polar surface area (TPSA) is 42.2 Å². The number of allylic oxidation sites excluding steroid dienone is 1. The summed E-state index contributed by atoms with van der Waals surface area (Å²) >= 11 is 0. The Labute approximate surface area is 291 Å². The van der Waals surface area contributed by atoms with Crippen LogP contribution >= 0.6 is 0 Å². The van der Waals surface area contributed by atoms with Crippen molar-refractivity contribution in [3.05, 3.63) is 169 Å². The fraction of sp³-hybridized carbons (Fsp3) is 0.0870. The molecule has 2 aliphatic rings. The van der Waals surface area contributed by atoms with E-state index in [0.717, 1.165) is 73.3 Å². The standard InChI is InChI=1S/C46H33N3O/c1-4-15-30(16-5-1)44-43(45(31-17-6-2-7-18-31)48-46(47-44)32-19-8-3-9-20-32)37-23-14-26-40-42(37)36-28-27-33(29-41(36)50-40)49-38-24-12-10-21-34(38)35-22-11-13-25-39(35)49/h1-10,12-21,23-29,35,39H,11,22H2. The lowest BCUT2D eigenvalue weighted by Crippen LogP contribution is -2.29. The van der Waals surface area contributed by atoms with Crippen LogP contribution in [0.2, 0.25) is 0 Å². The quantitative estimate of drug-likeness (QED) is 0.175. The van der Waals surface area contributed by atoms with Gasteiger partial charge in [-0.05, 0) is 48.2 Å². The summed E-state index contributed by atoms with van der Waals surface area (Å²) in [6, 6.07) is 53.5. The van der Waals surface area contributed by atoms with Crippen LogP contribution in [0.15, 0.2) is 168 Å². The van der Waals surface area contributed by atoms with Crippen molar-refractivity contribution < 1.29 is 4.42 Å². The molecule has 10 rings (SSSR count). The highest BCUT2D eigenvalue weighted by molar-refractivity contribution is 6.15. The van der Waals surface area contributed by atoms with Crippen LogP contribution in [-0.4, -0.2) is 16.0 Å². The number of fused-ring (bicyclic) bond motifs is 6. The number of aromatic nitrogens is 2. The van der Waals surface area contributed by atoms with E-state index in [-0.39, 0.29) is 0 Å². The second kappa shape index (κ2) is 11.7. The zero-order valence-corrected chi connectivity index (χ0v) is 27.4. The summed E-state index contributed by atoms with van der Waals surface area (Å²) in [7, 11) is 0. The largest absolute Gasteiger partial charge is 0.456 e. The summed E-state index contributed by atoms with van der Waals surface area (Å²) in [6.07, 6.45) is 7.03. The van der Waals surface area contributed by atoms with Crippen LogP contribution in [-0.2, 0) is 0 Å². The van der Waals surface area contributed by atoms with E-state index >= 15 is 0 Å². The summed E-state index contributed by atoms with van der Waals surface area (Å²) in [5.41, 5.74) is 12.5. The molecule has 0 N–H and O–H groups in total. The van der Waals surface area contributed by atoms with E-state index < -0.39 is 0 Å². The molecule has 3 heterocycles. The van der Waals surface area contributed by atoms with Gasteiger partial charge in [-0.25, -0.2) is 9.97 Å². The molecule has 2 unspecified atom stereocenters. The molecular formula is C46H33N3O. The molecule has 2 atom stereocenters. The van der Waals surface area contributed by atoms with Gasteiger partial charge in [-0.1, -0.05) is 133 Å². The Morgan fingerprint density at radius 3 is 1.98 bits per heavy atom. The number of hydrogen-bond acceptors (Lipinski definition) is 4. The number of benzene rings is 6. The Morgan fingerprint density at radius 2 is 1.26 bits per heavy atom. The third-order valence-corrected chi connectivity index (χ3v) is 10.3. The molecule has 0 amide bonds. The maximum absolute atomic E-state index is 6.74. The lowest BCUT2D eigenvalue weighted by molar-refractivity contribution is 0.572. The van der Waals surface area contributed by atoms with Crippen molar-refractivity contribution in [2.24, 2.45) is 0 Å². The average Bonchev–Trinajstić information content (AvgIpc) is 3.74. The molecule has 8 aromatic rings. The summed E-state index contributed by atoms with van der Waals surface area (Å²) in [6.45, 7) is 0. The van der Waals surface area contributed by atoms with Crippen molar-refractivity contribution in [2.45, 2.75) is 24.8 Å². The van der Waals surface area contributed by atoms with Crippen molar-refractivity contribution >= 4 is 33.3 Å². The van der Waals surface area contributed by atoms with E-state index in [0.29, 0.717) is 17.8 Å². The van der Waals surface area contributed by atoms with Crippen LogP contribution in [0, 0.1) is 0 Å². The first-order chi connectivity index (χ1) is 24.8. The fourth-order valence-corrected chi connectivity index (χ4v) is 8.13. The summed E-state index contributed by atoms with van der Waals surface area (Å²) in [5, 5.41) is 2.14. The van der Waals surface area contributed by atoms with Gasteiger partial charge in [0.05, 0.1) is 17.4 Å². The number of hydrogen-bond donors (Lipinski definition) is 0. The number of furan rings is 1. The van der Waals surface area contributed by atoms with Crippen LogP contribution < -0.4 is 4.90 Å². The Kier molecular flexibility index (Phi) is 6.73. The van der Waals surface area contributed by atoms with Gasteiger partial charge in [0, 0.05) is 56.4 Å². The highest BCUT2D eigenvalue weighted by Crippen LogP contribution is 2.50. The third kappa shape index (κ3) is 4.60. The van der Waals surface area contributed by atoms with E-state index in [2.05, 4.69) is 138 Å². The minimum absolute atomic E-state index is 0.306. The highest BCUT2D eigenvalue weighted by Gasteiger charge is 2.38. The Morgan fingerprint density at radius 1 is 0.600 bits per heavy atom. The first-order valence-electron chi connectivity index (χ1n) is 17.4. The molecule has 0 radical (unpaired) electrons. The summed E-state index contributed by atoms with van der Waals surface area (Å²) < 4.78 is 6.74. The molecule has 2 aromatic heterocycles. The maximum atomic E-state index is 6.74. The van der Waals surface area contributed by atoms with Crippen molar-refractivity contribution in [2.75, 3.05) is 4.90 Å². The monoisotopic (exact) mass is 643 g/mol. The van der Waals surface area contributed by atoms with Gasteiger partial charge >= 0.3 is 0 Å². The first kappa shape index (κ1) is 28.7. The molecule has 50 heavy (non-hydrogen) atoms. The molecular weight excluding hydrogens is 611 g/mol. The fourth-order valence-electron chi connectivity index (χ4n) is 8.13. The third-order valence-electron chi connectivity index (χ3n) is 10.3. The van der Waals surface area contributed by atoms with Crippen LogP contribution in [0.1, 0.15) is 24.3 Å². The number of rotatable bonds is 5. The normalized spacial score (nSPS) is 16.5. The average molecular weight is 644 g/mol. The SMILES string of the molecule is C1=CC2C(CC1)c1ccccc1N2c1ccc2c(c1)oc1cccc(-c3c(-c4ccccc4)nc(-c4ccccc4)nc3-c3ccccc3)c12. The molecule has 0 bridgehead atoms. The van der Waals surface area contributed by atoms with Crippen molar-refractivity contribution in [1.82, 2.24) is 9.97 Å². The molecule has 0 spiro atoms. The van der Waals surface area contributed by atoms with Gasteiger partial charge in [0.2, 0.25) is 0 Å². The van der Waals surface area contributed by atoms with Crippen molar-refractivity contribution in [1.29, 1.82) is 0 Å². The molecule has 1 aliphatic carbocycles. The van der Waals surface area contributed by atoms with Crippen molar-refractivity contribution in [3.63, 3.8) is 0 Å². The Bertz CT molecular complexity index is 2490. The minimum Gasteiger partial charge on any atom is -0.456 e. The van der Waals surface area contributed by atoms with Crippen LogP contribution in [0.3, 0.4) is 0 Å². The number of anilines is 2. The van der Waals surface area contributed by atoms with Crippen molar-refractivity contribution in [3.8, 4) is 45.0 Å². The summed E-state index contributed by atoms with van der Waals surface area (Å²) in [4.78, 5) is 13.1. The molecule has 6 aromatic carbocycles. The zero-order valence-electron chi connectivity index (χ0n) is 27.4. The van der Waals surface area contributed by atoms with Gasteiger partial charge in [-0.2, -0.15) is 0 Å². The lowest BCUT2D eigenvalue weighted by atomic mass is 9.86. The predicted molar refractivity (Wildman–Crippen MR) is 205 cm³/mol. The molecule has 0 fully saturated rings. The van der Waals surface area contributed by atoms with Gasteiger partial charge < -0.3 is 9.32 Å². The molecule has 238 valence electrons. The van der Waals surface area contributed by atoms with E-state index in [1.165, 1.54) is 17.7 Å². The molecule has 4 nitrogen and oxygen atoms in total. The predicted octanol–water partition coefficient (Wildman–Crippen LogP) is 12.0. The molecule has 0 saturated heterocycles. The summed E-state index contributed by atoms with van der Waals surface area (Å²) in [5.74, 6) is 1.20. The van der Waals surface area contributed by atoms with Gasteiger partial charge in [-0.15, -0.1) is 0 Å². The smallest absolute Gasteiger partial charge is 0.160 e. The number of para-hydroxylation sites is 1. The lowest BCUT2D eigenvalue weighted by Gasteiger charge is -2.30. The number of nitrogens with zero attached hydrogens (tertiary/aromatic N) is 3. The highest BCUT2D eigenvalue weighted by atomic mass is 16.3. The molecule has 0 saturated carbocycles. The van der Waals surface area contributed by atoms with Crippen LogP contribution in [0.4, 0.5) is 11.4 Å². The maximum Gasteiger partial charge on any atom is 0.160 e. The van der Waals surface area contributed by atoms with Gasteiger partial charge in [-0.3, -0.25) is 0 Å². The van der Waals surface area contributed by atoms with E-state index in [4.69, 9.17) is 14.4 Å². The first-order valence-corrected chi connectivity index (χ1v) is 17.4. The van der Waals surface area contributed by atoms with E-state index in [1.54, 1.807) is 0 Å². The van der Waals surface area contributed by atoms with Gasteiger partial charge in [0.25, 0.3) is 0 Å². The van der Waals surface area contributed by atoms with Crippen LogP contribution in [0.25, 0.3) is 67.0 Å². The minimum atomic E-state index is 0.306. The van der Waals surface area contributed by atoms with Gasteiger partial charge in [0.15, 0.2) is 5.82 Å². The zero-order chi connectivity index (χ0) is 33.0. The van der Waals surface area contributed by atoms with Gasteiger partial charge in [0.1, 0.15) is 11.2 Å². The second-order valence-corrected chi connectivity index (χ2v) is 13.2. The van der Waals surface area contributed by atoms with E-state index in [9.17, 15) is 0 Å². The molecule has 4 heteroatoms. The van der Waals surface area contributed by atoms with Crippen LogP contribution in [0.5, 0.6) is 0 Å².